The van der Waals surface area contributed by atoms with Crippen LogP contribution in [-0.4, -0.2) is 40.3 Å². The summed E-state index contributed by atoms with van der Waals surface area (Å²) >= 11 is 0. The predicted molar refractivity (Wildman–Crippen MR) is 135 cm³/mol. The molecule has 0 bridgehead atoms. The Hall–Kier alpha value is -4.32. The Kier molecular flexibility index (Phi) is 5.87. The van der Waals surface area contributed by atoms with Crippen molar-refractivity contribution < 1.29 is 19.4 Å². The van der Waals surface area contributed by atoms with Crippen molar-refractivity contribution in [3.05, 3.63) is 107 Å². The SMILES string of the molecule is COc1ccc([C@H]2C(=C(O)c3ccc(C)cc3)C(=O)C(=O)N2CCc2c[nH]c3ccccc23)cc1. The van der Waals surface area contributed by atoms with Gasteiger partial charge in [-0.05, 0) is 42.7 Å². The first kappa shape index (κ1) is 22.5. The van der Waals surface area contributed by atoms with Gasteiger partial charge >= 0.3 is 0 Å². The van der Waals surface area contributed by atoms with E-state index in [2.05, 4.69) is 4.98 Å². The molecule has 1 amide bonds. The molecular formula is C29H26N2O4. The van der Waals surface area contributed by atoms with Crippen LogP contribution in [0.15, 0.2) is 84.6 Å². The van der Waals surface area contributed by atoms with Gasteiger partial charge in [-0.15, -0.1) is 0 Å². The number of rotatable bonds is 6. The Morgan fingerprint density at radius 2 is 1.71 bits per heavy atom. The number of aliphatic hydroxyl groups excluding tert-OH is 1. The molecule has 1 saturated heterocycles. The summed E-state index contributed by atoms with van der Waals surface area (Å²) in [4.78, 5) is 31.3. The van der Waals surface area contributed by atoms with E-state index in [4.69, 9.17) is 4.74 Å². The van der Waals surface area contributed by atoms with Crippen LogP contribution in [0.4, 0.5) is 0 Å². The van der Waals surface area contributed by atoms with E-state index in [9.17, 15) is 14.7 Å². The topological polar surface area (TPSA) is 82.6 Å². The molecule has 0 saturated carbocycles. The maximum absolute atomic E-state index is 13.2. The van der Waals surface area contributed by atoms with Crippen molar-refractivity contribution >= 4 is 28.4 Å². The molecule has 35 heavy (non-hydrogen) atoms. The van der Waals surface area contributed by atoms with Gasteiger partial charge in [0, 0.05) is 29.2 Å². The number of aryl methyl sites for hydroxylation is 1. The van der Waals surface area contributed by atoms with Crippen molar-refractivity contribution in [3.8, 4) is 5.75 Å². The summed E-state index contributed by atoms with van der Waals surface area (Å²) < 4.78 is 5.28. The number of para-hydroxylation sites is 1. The standard InChI is InChI=1S/C29H26N2O4/c1-18-7-9-20(10-8-18)27(32)25-26(19-11-13-22(35-2)14-12-19)31(29(34)28(25)33)16-15-21-17-30-24-6-4-3-5-23(21)24/h3-14,17,26,30,32H,15-16H2,1-2H3/t26-/m0/s1. The second-order valence-corrected chi connectivity index (χ2v) is 8.74. The maximum atomic E-state index is 13.2. The first-order valence-electron chi connectivity index (χ1n) is 11.5. The number of aromatic nitrogens is 1. The molecule has 0 unspecified atom stereocenters. The summed E-state index contributed by atoms with van der Waals surface area (Å²) in [5.74, 6) is -0.788. The molecule has 3 aromatic carbocycles. The number of methoxy groups -OCH3 is 1. The van der Waals surface area contributed by atoms with Crippen LogP contribution in [0.1, 0.15) is 28.3 Å². The van der Waals surface area contributed by atoms with Gasteiger partial charge in [-0.1, -0.05) is 60.2 Å². The second kappa shape index (κ2) is 9.14. The van der Waals surface area contributed by atoms with Crippen LogP contribution >= 0.6 is 0 Å². The molecule has 1 aliphatic heterocycles. The molecule has 1 aromatic heterocycles. The highest BCUT2D eigenvalue weighted by atomic mass is 16.5. The quantitative estimate of drug-likeness (QED) is 0.234. The Morgan fingerprint density at radius 3 is 2.43 bits per heavy atom. The third kappa shape index (κ3) is 4.08. The van der Waals surface area contributed by atoms with E-state index in [0.29, 0.717) is 24.3 Å². The van der Waals surface area contributed by atoms with Gasteiger partial charge < -0.3 is 19.7 Å². The van der Waals surface area contributed by atoms with E-state index < -0.39 is 17.7 Å². The number of nitrogens with one attached hydrogen (secondary N) is 1. The molecule has 0 radical (unpaired) electrons. The smallest absolute Gasteiger partial charge is 0.295 e. The zero-order valence-electron chi connectivity index (χ0n) is 19.6. The maximum Gasteiger partial charge on any atom is 0.295 e. The summed E-state index contributed by atoms with van der Waals surface area (Å²) in [6, 6.07) is 21.8. The van der Waals surface area contributed by atoms with Gasteiger partial charge in [-0.25, -0.2) is 0 Å². The molecule has 1 atom stereocenters. The number of H-pyrrole nitrogens is 1. The Balaban J connectivity index is 1.56. The summed E-state index contributed by atoms with van der Waals surface area (Å²) in [7, 11) is 1.58. The van der Waals surface area contributed by atoms with E-state index in [1.165, 1.54) is 0 Å². The molecule has 1 fully saturated rings. The van der Waals surface area contributed by atoms with Crippen LogP contribution in [0, 0.1) is 6.92 Å². The predicted octanol–water partition coefficient (Wildman–Crippen LogP) is 5.15. The van der Waals surface area contributed by atoms with Crippen molar-refractivity contribution in [1.29, 1.82) is 0 Å². The Bertz CT molecular complexity index is 1430. The molecule has 4 aromatic rings. The van der Waals surface area contributed by atoms with Crippen molar-refractivity contribution in [1.82, 2.24) is 9.88 Å². The molecular weight excluding hydrogens is 440 g/mol. The van der Waals surface area contributed by atoms with Crippen molar-refractivity contribution in [2.45, 2.75) is 19.4 Å². The van der Waals surface area contributed by atoms with E-state index >= 15 is 0 Å². The number of benzene rings is 3. The molecule has 6 heteroatoms. The highest BCUT2D eigenvalue weighted by Gasteiger charge is 2.45. The molecule has 2 N–H and O–H groups in total. The van der Waals surface area contributed by atoms with Crippen LogP contribution in [0.3, 0.4) is 0 Å². The minimum Gasteiger partial charge on any atom is -0.507 e. The lowest BCUT2D eigenvalue weighted by atomic mass is 9.95. The van der Waals surface area contributed by atoms with Gasteiger partial charge in [-0.3, -0.25) is 9.59 Å². The number of fused-ring (bicyclic) bond motifs is 1. The zero-order valence-corrected chi connectivity index (χ0v) is 19.6. The summed E-state index contributed by atoms with van der Waals surface area (Å²) in [6.45, 7) is 2.28. The van der Waals surface area contributed by atoms with E-state index in [1.807, 2.05) is 61.7 Å². The van der Waals surface area contributed by atoms with Gasteiger partial charge in [0.15, 0.2) is 0 Å². The largest absolute Gasteiger partial charge is 0.507 e. The molecule has 2 heterocycles. The number of likely N-dealkylation sites (tertiary alicyclic amines) is 1. The minimum atomic E-state index is -0.701. The molecule has 6 nitrogen and oxygen atoms in total. The average molecular weight is 467 g/mol. The molecule has 0 aliphatic carbocycles. The van der Waals surface area contributed by atoms with Gasteiger partial charge in [-0.2, -0.15) is 0 Å². The first-order chi connectivity index (χ1) is 17.0. The van der Waals surface area contributed by atoms with E-state index in [-0.39, 0.29) is 11.3 Å². The van der Waals surface area contributed by atoms with Crippen molar-refractivity contribution in [2.75, 3.05) is 13.7 Å². The van der Waals surface area contributed by atoms with Crippen molar-refractivity contribution in [2.24, 2.45) is 0 Å². The van der Waals surface area contributed by atoms with E-state index in [0.717, 1.165) is 27.6 Å². The fraction of sp³-hybridized carbons (Fsp3) is 0.172. The number of hydrogen-bond acceptors (Lipinski definition) is 4. The third-order valence-corrected chi connectivity index (χ3v) is 6.59. The van der Waals surface area contributed by atoms with E-state index in [1.54, 1.807) is 36.3 Å². The highest BCUT2D eigenvalue weighted by Crippen LogP contribution is 2.40. The van der Waals surface area contributed by atoms with Crippen LogP contribution < -0.4 is 4.74 Å². The number of nitrogens with zero attached hydrogens (tertiary/aromatic N) is 1. The number of amides is 1. The van der Waals surface area contributed by atoms with Crippen LogP contribution in [-0.2, 0) is 16.0 Å². The second-order valence-electron chi connectivity index (χ2n) is 8.74. The van der Waals surface area contributed by atoms with Crippen LogP contribution in [0.5, 0.6) is 5.75 Å². The van der Waals surface area contributed by atoms with Gasteiger partial charge in [0.05, 0.1) is 18.7 Å². The number of carbonyl (C=O) groups is 2. The van der Waals surface area contributed by atoms with Gasteiger partial charge in [0.1, 0.15) is 11.5 Å². The number of carbonyl (C=O) groups excluding carboxylic acids is 2. The van der Waals surface area contributed by atoms with Gasteiger partial charge in [0.2, 0.25) is 0 Å². The lowest BCUT2D eigenvalue weighted by Gasteiger charge is -2.25. The number of ether oxygens (including phenoxy) is 1. The summed E-state index contributed by atoms with van der Waals surface area (Å²) in [6.07, 6.45) is 2.50. The van der Waals surface area contributed by atoms with Crippen LogP contribution in [0.2, 0.25) is 0 Å². The number of Topliss-reactive ketones (excluding diaryl/α,β-unsaturated/α-hetero) is 1. The average Bonchev–Trinajstić information content (AvgIpc) is 3.41. The van der Waals surface area contributed by atoms with Crippen LogP contribution in [0.25, 0.3) is 16.7 Å². The monoisotopic (exact) mass is 466 g/mol. The lowest BCUT2D eigenvalue weighted by molar-refractivity contribution is -0.139. The highest BCUT2D eigenvalue weighted by molar-refractivity contribution is 6.46. The molecule has 1 aliphatic rings. The number of ketones is 1. The normalized spacial score (nSPS) is 17.3. The first-order valence-corrected chi connectivity index (χ1v) is 11.5. The lowest BCUT2D eigenvalue weighted by Crippen LogP contribution is -2.31. The Morgan fingerprint density at radius 1 is 1.00 bits per heavy atom. The zero-order chi connectivity index (χ0) is 24.5. The number of aliphatic hydroxyl groups is 1. The van der Waals surface area contributed by atoms with Gasteiger partial charge in [0.25, 0.3) is 11.7 Å². The fourth-order valence-corrected chi connectivity index (χ4v) is 4.69. The minimum absolute atomic E-state index is 0.1000. The van der Waals surface area contributed by atoms with Crippen molar-refractivity contribution in [3.63, 3.8) is 0 Å². The summed E-state index contributed by atoms with van der Waals surface area (Å²) in [5, 5.41) is 12.3. The molecule has 0 spiro atoms. The fourth-order valence-electron chi connectivity index (χ4n) is 4.69. The number of hydrogen-bond donors (Lipinski definition) is 2. The molecule has 5 rings (SSSR count). The summed E-state index contributed by atoms with van der Waals surface area (Å²) in [5.41, 5.74) is 4.46. The molecule has 176 valence electrons. The Labute approximate surface area is 203 Å². The number of aromatic amines is 1. The third-order valence-electron chi connectivity index (χ3n) is 6.59.